The van der Waals surface area contributed by atoms with E-state index in [2.05, 4.69) is 5.32 Å². The number of aliphatic hydroxyl groups excluding tert-OH is 1. The summed E-state index contributed by atoms with van der Waals surface area (Å²) in [5, 5.41) is 24.5. The molecule has 0 saturated heterocycles. The average molecular weight is 598 g/mol. The molecular weight excluding hydrogens is 566 g/mol. The van der Waals surface area contributed by atoms with Crippen LogP contribution in [0.25, 0.3) is 6.08 Å². The van der Waals surface area contributed by atoms with E-state index in [0.717, 1.165) is 11.2 Å². The van der Waals surface area contributed by atoms with Crippen LogP contribution in [0.5, 0.6) is 5.75 Å². The van der Waals surface area contributed by atoms with Gasteiger partial charge >= 0.3 is 0 Å². The van der Waals surface area contributed by atoms with Gasteiger partial charge in [0.25, 0.3) is 21.9 Å². The number of primary amides is 1. The van der Waals surface area contributed by atoms with Crippen LogP contribution in [-0.2, 0) is 19.1 Å². The van der Waals surface area contributed by atoms with Gasteiger partial charge in [0.05, 0.1) is 18.4 Å². The standard InChI is InChI=1S/C29H31N3O7S2/c1-18-21(13-8-14-25(18)33)28(36)31-23(17-40-20-10-4-3-5-11-20)26(34)16-32-24(27(30)35)15-19-9-6-7-12-22(19)29(32)39-41(2,37)38/h3-15,23,26,29,33-34H,16-17H2,1-2H3,(H2,30,35)(H,31,36). The van der Waals surface area contributed by atoms with Crippen molar-refractivity contribution in [3.63, 3.8) is 0 Å². The third-order valence-corrected chi connectivity index (χ3v) is 8.22. The predicted molar refractivity (Wildman–Crippen MR) is 156 cm³/mol. The molecule has 3 unspecified atom stereocenters. The third kappa shape index (κ3) is 7.47. The van der Waals surface area contributed by atoms with Gasteiger partial charge in [-0.3, -0.25) is 9.59 Å². The van der Waals surface area contributed by atoms with E-state index in [-0.39, 0.29) is 29.3 Å². The Morgan fingerprint density at radius 1 is 1.07 bits per heavy atom. The number of fused-ring (bicyclic) bond motifs is 1. The zero-order valence-corrected chi connectivity index (χ0v) is 24.1. The minimum absolute atomic E-state index is 0.0441. The molecule has 2 amide bonds. The first-order valence-electron chi connectivity index (χ1n) is 12.7. The highest BCUT2D eigenvalue weighted by atomic mass is 32.2. The maximum atomic E-state index is 13.3. The fraction of sp³-hybridized carbons (Fsp3) is 0.241. The molecule has 0 aliphatic carbocycles. The number of phenolic OH excluding ortho intramolecular Hbond substituents is 1. The Balaban J connectivity index is 1.67. The molecule has 3 aromatic rings. The molecule has 10 nitrogen and oxygen atoms in total. The van der Waals surface area contributed by atoms with Gasteiger partial charge in [-0.2, -0.15) is 8.42 Å². The summed E-state index contributed by atoms with van der Waals surface area (Å²) in [7, 11) is -4.01. The molecule has 41 heavy (non-hydrogen) atoms. The third-order valence-electron chi connectivity index (χ3n) is 6.55. The number of thioether (sulfide) groups is 1. The highest BCUT2D eigenvalue weighted by molar-refractivity contribution is 7.99. The number of β-amino-alcohol motifs (C(OH)–C–C–N with tert-alkyl or cyclic N) is 1. The zero-order chi connectivity index (χ0) is 29.7. The molecule has 5 N–H and O–H groups in total. The van der Waals surface area contributed by atoms with E-state index in [0.29, 0.717) is 16.7 Å². The van der Waals surface area contributed by atoms with Crippen molar-refractivity contribution in [2.45, 2.75) is 30.2 Å². The summed E-state index contributed by atoms with van der Waals surface area (Å²) in [6.07, 6.45) is -0.195. The van der Waals surface area contributed by atoms with E-state index in [1.165, 1.54) is 28.8 Å². The van der Waals surface area contributed by atoms with Crippen LogP contribution in [0, 0.1) is 6.92 Å². The number of hydrogen-bond acceptors (Lipinski definition) is 9. The van der Waals surface area contributed by atoms with Crippen molar-refractivity contribution in [3.05, 3.63) is 101 Å². The number of nitrogens with two attached hydrogens (primary N) is 1. The fourth-order valence-corrected chi connectivity index (χ4v) is 6.03. The molecule has 4 rings (SSSR count). The smallest absolute Gasteiger partial charge is 0.266 e. The Bertz CT molecular complexity index is 1560. The molecule has 0 aromatic heterocycles. The second kappa shape index (κ2) is 12.8. The number of nitrogens with one attached hydrogen (secondary N) is 1. The summed E-state index contributed by atoms with van der Waals surface area (Å²) >= 11 is 1.39. The summed E-state index contributed by atoms with van der Waals surface area (Å²) < 4.78 is 29.9. The van der Waals surface area contributed by atoms with Gasteiger partial charge in [-0.05, 0) is 42.8 Å². The van der Waals surface area contributed by atoms with Gasteiger partial charge in [-0.25, -0.2) is 4.18 Å². The number of phenols is 1. The maximum absolute atomic E-state index is 13.3. The number of carbonyl (C=O) groups excluding carboxylic acids is 2. The van der Waals surface area contributed by atoms with E-state index in [9.17, 15) is 28.2 Å². The van der Waals surface area contributed by atoms with Gasteiger partial charge in [0.15, 0.2) is 6.23 Å². The van der Waals surface area contributed by atoms with Gasteiger partial charge in [0.1, 0.15) is 11.4 Å². The average Bonchev–Trinajstić information content (AvgIpc) is 2.93. The Labute approximate surface area is 242 Å². The van der Waals surface area contributed by atoms with Crippen LogP contribution in [0.15, 0.2) is 83.4 Å². The quantitative estimate of drug-likeness (QED) is 0.193. The summed E-state index contributed by atoms with van der Waals surface area (Å²) in [4.78, 5) is 28.0. The summed E-state index contributed by atoms with van der Waals surface area (Å²) in [6, 6.07) is 19.9. The SMILES string of the molecule is Cc1c(O)cccc1C(=O)NC(CSc1ccccc1)C(O)CN1C(C(N)=O)=Cc2ccccc2C1OS(C)(=O)=O. The second-order valence-corrected chi connectivity index (χ2v) is 12.2. The molecule has 1 heterocycles. The van der Waals surface area contributed by atoms with Crippen LogP contribution >= 0.6 is 11.8 Å². The van der Waals surface area contributed by atoms with Crippen molar-refractivity contribution < 1.29 is 32.4 Å². The lowest BCUT2D eigenvalue weighted by Gasteiger charge is -2.39. The van der Waals surface area contributed by atoms with E-state index in [1.807, 2.05) is 30.3 Å². The monoisotopic (exact) mass is 597 g/mol. The van der Waals surface area contributed by atoms with Gasteiger partial charge in [0.2, 0.25) is 0 Å². The number of nitrogens with zero attached hydrogens (tertiary/aromatic N) is 1. The molecule has 216 valence electrons. The van der Waals surface area contributed by atoms with Gasteiger partial charge in [0, 0.05) is 33.9 Å². The van der Waals surface area contributed by atoms with E-state index >= 15 is 0 Å². The maximum Gasteiger partial charge on any atom is 0.266 e. The van der Waals surface area contributed by atoms with Crippen LogP contribution in [0.1, 0.15) is 33.3 Å². The molecule has 12 heteroatoms. The summed E-state index contributed by atoms with van der Waals surface area (Å²) in [5.74, 6) is -1.18. The number of hydrogen-bond donors (Lipinski definition) is 4. The van der Waals surface area contributed by atoms with Gasteiger partial charge < -0.3 is 26.2 Å². The minimum Gasteiger partial charge on any atom is -0.508 e. The van der Waals surface area contributed by atoms with Crippen LogP contribution in [0.2, 0.25) is 0 Å². The van der Waals surface area contributed by atoms with Gasteiger partial charge in [-0.15, -0.1) is 11.8 Å². The molecule has 0 radical (unpaired) electrons. The number of aromatic hydroxyl groups is 1. The first-order valence-corrected chi connectivity index (χ1v) is 15.5. The Morgan fingerprint density at radius 3 is 2.44 bits per heavy atom. The van der Waals surface area contributed by atoms with Crippen molar-refractivity contribution >= 4 is 39.8 Å². The molecule has 3 atom stereocenters. The summed E-state index contributed by atoms with van der Waals surface area (Å²) in [5.41, 5.74) is 7.24. The molecule has 3 aromatic carbocycles. The molecule has 0 saturated carbocycles. The second-order valence-electron chi connectivity index (χ2n) is 9.55. The van der Waals surface area contributed by atoms with Crippen LogP contribution in [0.3, 0.4) is 0 Å². The van der Waals surface area contributed by atoms with Crippen molar-refractivity contribution in [3.8, 4) is 5.75 Å². The number of aliphatic hydroxyl groups is 1. The molecule has 1 aliphatic heterocycles. The largest absolute Gasteiger partial charge is 0.508 e. The molecule has 0 bridgehead atoms. The minimum atomic E-state index is -4.01. The number of benzene rings is 3. The number of amides is 2. The van der Waals surface area contributed by atoms with Crippen molar-refractivity contribution in [2.75, 3.05) is 18.6 Å². The van der Waals surface area contributed by atoms with Crippen molar-refractivity contribution in [2.24, 2.45) is 5.73 Å². The van der Waals surface area contributed by atoms with Crippen molar-refractivity contribution in [1.82, 2.24) is 10.2 Å². The van der Waals surface area contributed by atoms with Crippen LogP contribution in [0.4, 0.5) is 0 Å². The summed E-state index contributed by atoms with van der Waals surface area (Å²) in [6.45, 7) is 1.30. The predicted octanol–water partition coefficient (Wildman–Crippen LogP) is 2.77. The Hall–Kier alpha value is -3.84. The van der Waals surface area contributed by atoms with E-state index in [4.69, 9.17) is 9.92 Å². The van der Waals surface area contributed by atoms with Crippen LogP contribution in [-0.4, -0.2) is 66.0 Å². The lowest BCUT2D eigenvalue weighted by Crippen LogP contribution is -2.51. The lowest BCUT2D eigenvalue weighted by atomic mass is 9.98. The first-order chi connectivity index (χ1) is 19.4. The normalized spacial score (nSPS) is 16.3. The van der Waals surface area contributed by atoms with Crippen LogP contribution < -0.4 is 11.1 Å². The van der Waals surface area contributed by atoms with Gasteiger partial charge in [-0.1, -0.05) is 48.5 Å². The molecular formula is C29H31N3O7S2. The Morgan fingerprint density at radius 2 is 1.76 bits per heavy atom. The fourth-order valence-electron chi connectivity index (χ4n) is 4.46. The first kappa shape index (κ1) is 30.1. The lowest BCUT2D eigenvalue weighted by molar-refractivity contribution is -0.118. The number of carbonyl (C=O) groups is 2. The molecule has 0 fully saturated rings. The highest BCUT2D eigenvalue weighted by Gasteiger charge is 2.37. The Kier molecular flexibility index (Phi) is 9.38. The van der Waals surface area contributed by atoms with Crippen molar-refractivity contribution in [1.29, 1.82) is 0 Å². The van der Waals surface area contributed by atoms with E-state index < -0.39 is 40.3 Å². The molecule has 1 aliphatic rings. The highest BCUT2D eigenvalue weighted by Crippen LogP contribution is 2.36. The zero-order valence-electron chi connectivity index (χ0n) is 22.4. The number of rotatable bonds is 11. The molecule has 0 spiro atoms. The van der Waals surface area contributed by atoms with E-state index in [1.54, 1.807) is 43.3 Å². The topological polar surface area (TPSA) is 159 Å².